The van der Waals surface area contributed by atoms with Crippen molar-refractivity contribution in [2.75, 3.05) is 13.1 Å². The highest BCUT2D eigenvalue weighted by Crippen LogP contribution is 2.17. The zero-order valence-corrected chi connectivity index (χ0v) is 10.0. The van der Waals surface area contributed by atoms with Gasteiger partial charge in [-0.05, 0) is 37.0 Å². The number of nitrogens with two attached hydrogens (primary N) is 1. The van der Waals surface area contributed by atoms with Gasteiger partial charge in [-0.25, -0.2) is 0 Å². The van der Waals surface area contributed by atoms with Gasteiger partial charge in [0, 0.05) is 31.5 Å². The van der Waals surface area contributed by atoms with Crippen LogP contribution in [0, 0.1) is 0 Å². The maximum atomic E-state index is 12.2. The molecule has 4 nitrogen and oxygen atoms in total. The van der Waals surface area contributed by atoms with E-state index < -0.39 is 0 Å². The summed E-state index contributed by atoms with van der Waals surface area (Å²) in [5.74, 6) is 0.186. The van der Waals surface area contributed by atoms with Gasteiger partial charge >= 0.3 is 0 Å². The summed E-state index contributed by atoms with van der Waals surface area (Å²) in [6, 6.07) is 4.01. The fourth-order valence-electron chi connectivity index (χ4n) is 2.35. The highest BCUT2D eigenvalue weighted by atomic mass is 16.2. The number of nitrogens with zero attached hydrogens (tertiary/aromatic N) is 2. The van der Waals surface area contributed by atoms with E-state index in [1.165, 1.54) is 6.42 Å². The van der Waals surface area contributed by atoms with Crippen molar-refractivity contribution in [3.05, 3.63) is 30.1 Å². The molecule has 1 fully saturated rings. The Morgan fingerprint density at radius 2 is 2.18 bits per heavy atom. The third-order valence-corrected chi connectivity index (χ3v) is 3.32. The standard InChI is InChI=1S/C13H19N3O/c14-10-12-3-1-2-8-16(12)13(17)9-11-4-6-15-7-5-11/h4-7,12H,1-3,8-10,14H2. The van der Waals surface area contributed by atoms with E-state index in [4.69, 9.17) is 5.73 Å². The first-order valence-electron chi connectivity index (χ1n) is 6.19. The summed E-state index contributed by atoms with van der Waals surface area (Å²) in [4.78, 5) is 18.1. The van der Waals surface area contributed by atoms with E-state index in [0.717, 1.165) is 24.9 Å². The quantitative estimate of drug-likeness (QED) is 0.846. The molecule has 1 unspecified atom stereocenters. The molecule has 1 amide bonds. The predicted octanol–water partition coefficient (Wildman–Crippen LogP) is 0.964. The lowest BCUT2D eigenvalue weighted by atomic mass is 10.0. The zero-order chi connectivity index (χ0) is 12.1. The minimum Gasteiger partial charge on any atom is -0.338 e. The third kappa shape index (κ3) is 3.03. The van der Waals surface area contributed by atoms with Crippen molar-refractivity contribution in [1.29, 1.82) is 0 Å². The Hall–Kier alpha value is -1.42. The van der Waals surface area contributed by atoms with E-state index in [9.17, 15) is 4.79 Å². The second-order valence-corrected chi connectivity index (χ2v) is 4.50. The molecular weight excluding hydrogens is 214 g/mol. The largest absolute Gasteiger partial charge is 0.338 e. The molecule has 0 aromatic carbocycles. The fourth-order valence-corrected chi connectivity index (χ4v) is 2.35. The van der Waals surface area contributed by atoms with E-state index >= 15 is 0 Å². The molecule has 0 saturated carbocycles. The molecule has 1 aliphatic rings. The van der Waals surface area contributed by atoms with Crippen LogP contribution in [0.25, 0.3) is 0 Å². The summed E-state index contributed by atoms with van der Waals surface area (Å²) in [5.41, 5.74) is 6.74. The van der Waals surface area contributed by atoms with Crippen molar-refractivity contribution >= 4 is 5.91 Å². The second-order valence-electron chi connectivity index (χ2n) is 4.50. The molecule has 2 N–H and O–H groups in total. The molecule has 1 aliphatic heterocycles. The van der Waals surface area contributed by atoms with Gasteiger partial charge in [0.25, 0.3) is 0 Å². The summed E-state index contributed by atoms with van der Waals surface area (Å²) in [6.07, 6.45) is 7.22. The Morgan fingerprint density at radius 3 is 2.88 bits per heavy atom. The van der Waals surface area contributed by atoms with Crippen LogP contribution in [0.1, 0.15) is 24.8 Å². The number of piperidine rings is 1. The van der Waals surface area contributed by atoms with Crippen LogP contribution in [0.3, 0.4) is 0 Å². The van der Waals surface area contributed by atoms with Crippen LogP contribution >= 0.6 is 0 Å². The number of hydrogen-bond acceptors (Lipinski definition) is 3. The lowest BCUT2D eigenvalue weighted by Crippen LogP contribution is -2.48. The first-order chi connectivity index (χ1) is 8.31. The average molecular weight is 233 g/mol. The molecule has 92 valence electrons. The minimum atomic E-state index is 0.186. The van der Waals surface area contributed by atoms with Crippen LogP contribution in [0.2, 0.25) is 0 Å². The molecule has 2 rings (SSSR count). The van der Waals surface area contributed by atoms with Crippen LogP contribution < -0.4 is 5.73 Å². The van der Waals surface area contributed by atoms with Crippen molar-refractivity contribution in [3.63, 3.8) is 0 Å². The number of amides is 1. The van der Waals surface area contributed by atoms with E-state index in [2.05, 4.69) is 4.98 Å². The normalized spacial score (nSPS) is 20.3. The van der Waals surface area contributed by atoms with Crippen LogP contribution in [0.15, 0.2) is 24.5 Å². The maximum Gasteiger partial charge on any atom is 0.227 e. The Kier molecular flexibility index (Phi) is 4.09. The number of carbonyl (C=O) groups excluding carboxylic acids is 1. The van der Waals surface area contributed by atoms with Gasteiger partial charge in [0.1, 0.15) is 0 Å². The van der Waals surface area contributed by atoms with Gasteiger partial charge in [-0.3, -0.25) is 9.78 Å². The molecule has 2 heterocycles. The Labute approximate surface area is 102 Å². The molecule has 0 bridgehead atoms. The topological polar surface area (TPSA) is 59.2 Å². The molecule has 0 radical (unpaired) electrons. The second kappa shape index (κ2) is 5.77. The van der Waals surface area contributed by atoms with E-state index in [-0.39, 0.29) is 11.9 Å². The van der Waals surface area contributed by atoms with Crippen LogP contribution in [-0.2, 0) is 11.2 Å². The van der Waals surface area contributed by atoms with Crippen molar-refractivity contribution in [1.82, 2.24) is 9.88 Å². The number of likely N-dealkylation sites (tertiary alicyclic amines) is 1. The predicted molar refractivity (Wildman–Crippen MR) is 66.3 cm³/mol. The van der Waals surface area contributed by atoms with Crippen LogP contribution in [0.4, 0.5) is 0 Å². The summed E-state index contributed by atoms with van der Waals surface area (Å²) in [7, 11) is 0. The average Bonchev–Trinajstić information content (AvgIpc) is 2.40. The monoisotopic (exact) mass is 233 g/mol. The third-order valence-electron chi connectivity index (χ3n) is 3.32. The summed E-state index contributed by atoms with van der Waals surface area (Å²) >= 11 is 0. The fraction of sp³-hybridized carbons (Fsp3) is 0.538. The minimum absolute atomic E-state index is 0.186. The molecule has 1 atom stereocenters. The van der Waals surface area contributed by atoms with Crippen molar-refractivity contribution < 1.29 is 4.79 Å². The van der Waals surface area contributed by atoms with Gasteiger partial charge in [0.05, 0.1) is 6.42 Å². The summed E-state index contributed by atoms with van der Waals surface area (Å²) in [6.45, 7) is 1.42. The van der Waals surface area contributed by atoms with E-state index in [1.54, 1.807) is 12.4 Å². The first kappa shape index (κ1) is 12.0. The summed E-state index contributed by atoms with van der Waals surface area (Å²) in [5, 5.41) is 0. The first-order valence-corrected chi connectivity index (χ1v) is 6.19. The number of carbonyl (C=O) groups is 1. The number of pyridine rings is 1. The number of hydrogen-bond donors (Lipinski definition) is 1. The molecule has 1 aromatic heterocycles. The van der Waals surface area contributed by atoms with Gasteiger partial charge in [-0.2, -0.15) is 0 Å². The Morgan fingerprint density at radius 1 is 1.41 bits per heavy atom. The SMILES string of the molecule is NCC1CCCCN1C(=O)Cc1ccncc1. The number of aromatic nitrogens is 1. The Bertz CT molecular complexity index is 366. The molecule has 17 heavy (non-hydrogen) atoms. The van der Waals surface area contributed by atoms with Crippen LogP contribution in [0.5, 0.6) is 0 Å². The molecule has 0 spiro atoms. The van der Waals surface area contributed by atoms with Crippen molar-refractivity contribution in [2.45, 2.75) is 31.7 Å². The lowest BCUT2D eigenvalue weighted by Gasteiger charge is -2.35. The Balaban J connectivity index is 1.99. The zero-order valence-electron chi connectivity index (χ0n) is 10.0. The molecule has 1 saturated heterocycles. The highest BCUT2D eigenvalue weighted by Gasteiger charge is 2.25. The van der Waals surface area contributed by atoms with Crippen LogP contribution in [-0.4, -0.2) is 34.9 Å². The van der Waals surface area contributed by atoms with Gasteiger partial charge in [0.2, 0.25) is 5.91 Å². The van der Waals surface area contributed by atoms with E-state index in [1.807, 2.05) is 17.0 Å². The molecular formula is C13H19N3O. The molecule has 0 aliphatic carbocycles. The van der Waals surface area contributed by atoms with Gasteiger partial charge < -0.3 is 10.6 Å². The van der Waals surface area contributed by atoms with Crippen molar-refractivity contribution in [3.8, 4) is 0 Å². The maximum absolute atomic E-state index is 12.2. The molecule has 1 aromatic rings. The van der Waals surface area contributed by atoms with Gasteiger partial charge in [-0.15, -0.1) is 0 Å². The summed E-state index contributed by atoms with van der Waals surface area (Å²) < 4.78 is 0. The lowest BCUT2D eigenvalue weighted by molar-refractivity contribution is -0.133. The van der Waals surface area contributed by atoms with Gasteiger partial charge in [0.15, 0.2) is 0 Å². The highest BCUT2D eigenvalue weighted by molar-refractivity contribution is 5.79. The number of rotatable bonds is 3. The van der Waals surface area contributed by atoms with Crippen molar-refractivity contribution in [2.24, 2.45) is 5.73 Å². The van der Waals surface area contributed by atoms with Gasteiger partial charge in [-0.1, -0.05) is 0 Å². The van der Waals surface area contributed by atoms with E-state index in [0.29, 0.717) is 13.0 Å². The molecule has 4 heteroatoms. The smallest absolute Gasteiger partial charge is 0.227 e.